The van der Waals surface area contributed by atoms with Gasteiger partial charge >= 0.3 is 5.97 Å². The molecular weight excluding hydrogens is 340 g/mol. The zero-order chi connectivity index (χ0) is 19.8. The van der Waals surface area contributed by atoms with E-state index < -0.39 is 5.97 Å². The molecule has 2 aromatic rings. The van der Waals surface area contributed by atoms with Gasteiger partial charge in [-0.1, -0.05) is 26.0 Å². The van der Waals surface area contributed by atoms with Gasteiger partial charge in [-0.3, -0.25) is 0 Å². The van der Waals surface area contributed by atoms with E-state index in [4.69, 9.17) is 10.5 Å². The lowest BCUT2D eigenvalue weighted by Crippen LogP contribution is -2.38. The lowest BCUT2D eigenvalue weighted by molar-refractivity contribution is 0.0696. The average Bonchev–Trinajstić information content (AvgIpc) is 2.57. The van der Waals surface area contributed by atoms with Crippen LogP contribution in [-0.2, 0) is 6.42 Å². The summed E-state index contributed by atoms with van der Waals surface area (Å²) in [5, 5.41) is 12.8. The fourth-order valence-electron chi connectivity index (χ4n) is 3.55. The molecule has 0 fully saturated rings. The number of fused-ring (bicyclic) bond motifs is 1. The molecule has 0 aliphatic carbocycles. The van der Waals surface area contributed by atoms with Gasteiger partial charge in [-0.25, -0.2) is 4.79 Å². The first-order chi connectivity index (χ1) is 12.5. The Morgan fingerprint density at radius 2 is 2.04 bits per heavy atom. The molecule has 0 amide bonds. The number of carboxylic acid groups (broad SMARTS) is 1. The van der Waals surface area contributed by atoms with E-state index >= 15 is 0 Å². The fourth-order valence-corrected chi connectivity index (χ4v) is 3.55. The molecule has 0 spiro atoms. The van der Waals surface area contributed by atoms with E-state index in [0.717, 1.165) is 29.0 Å². The number of nitrogens with one attached hydrogen (secondary N) is 1. The van der Waals surface area contributed by atoms with Crippen LogP contribution in [0.2, 0.25) is 0 Å². The highest BCUT2D eigenvalue weighted by atomic mass is 16.5. The topological polar surface area (TPSA) is 84.6 Å². The summed E-state index contributed by atoms with van der Waals surface area (Å²) in [6.07, 6.45) is 0.794. The maximum absolute atomic E-state index is 11.3. The summed E-state index contributed by atoms with van der Waals surface area (Å²) < 4.78 is 5.86. The molecule has 0 radical (unpaired) electrons. The Morgan fingerprint density at radius 1 is 1.30 bits per heavy atom. The molecule has 5 nitrogen and oxygen atoms in total. The molecule has 1 unspecified atom stereocenters. The van der Waals surface area contributed by atoms with Crippen LogP contribution in [0.15, 0.2) is 42.5 Å². The number of ether oxygens (including phenoxy) is 1. The van der Waals surface area contributed by atoms with Crippen molar-refractivity contribution >= 4 is 11.7 Å². The minimum Gasteiger partial charge on any atom is -0.492 e. The van der Waals surface area contributed by atoms with Gasteiger partial charge in [0, 0.05) is 11.2 Å². The number of carbonyl (C=O) groups is 1. The van der Waals surface area contributed by atoms with Crippen LogP contribution in [0.4, 0.5) is 5.69 Å². The molecule has 0 saturated heterocycles. The molecule has 144 valence electrons. The molecule has 2 aromatic carbocycles. The van der Waals surface area contributed by atoms with Crippen LogP contribution in [0.3, 0.4) is 0 Å². The Kier molecular flexibility index (Phi) is 4.91. The van der Waals surface area contributed by atoms with E-state index in [1.807, 2.05) is 32.0 Å². The summed E-state index contributed by atoms with van der Waals surface area (Å²) in [5.74, 6) is -0.0962. The number of anilines is 1. The van der Waals surface area contributed by atoms with Crippen molar-refractivity contribution in [2.24, 2.45) is 11.1 Å². The third-order valence-corrected chi connectivity index (χ3v) is 4.88. The Balaban J connectivity index is 1.88. The third kappa shape index (κ3) is 4.42. The summed E-state index contributed by atoms with van der Waals surface area (Å²) in [4.78, 5) is 11.3. The van der Waals surface area contributed by atoms with E-state index in [9.17, 15) is 9.90 Å². The average molecular weight is 368 g/mol. The van der Waals surface area contributed by atoms with E-state index in [0.29, 0.717) is 12.2 Å². The van der Waals surface area contributed by atoms with Gasteiger partial charge in [-0.05, 0) is 67.1 Å². The SMILES string of the molecule is CC(C)(N)COc1cccc(C2Nc3ccc(C(=O)O)cc3CC2(C)C)c1. The highest BCUT2D eigenvalue weighted by Crippen LogP contribution is 2.45. The molecule has 1 aliphatic heterocycles. The van der Waals surface area contributed by atoms with Gasteiger partial charge in [-0.15, -0.1) is 0 Å². The van der Waals surface area contributed by atoms with E-state index in [1.165, 1.54) is 0 Å². The molecule has 5 heteroatoms. The summed E-state index contributed by atoms with van der Waals surface area (Å²) >= 11 is 0. The molecule has 0 bridgehead atoms. The molecule has 1 heterocycles. The molecule has 1 aliphatic rings. The Hall–Kier alpha value is -2.53. The lowest BCUT2D eigenvalue weighted by Gasteiger charge is -2.41. The Bertz CT molecular complexity index is 853. The Morgan fingerprint density at radius 3 is 2.70 bits per heavy atom. The van der Waals surface area contributed by atoms with Gasteiger partial charge in [0.2, 0.25) is 0 Å². The summed E-state index contributed by atoms with van der Waals surface area (Å²) in [5.41, 5.74) is 9.02. The minimum atomic E-state index is -0.898. The summed E-state index contributed by atoms with van der Waals surface area (Å²) in [6.45, 7) is 8.70. The van der Waals surface area contributed by atoms with Gasteiger partial charge in [0.15, 0.2) is 0 Å². The van der Waals surface area contributed by atoms with Crippen LogP contribution >= 0.6 is 0 Å². The fraction of sp³-hybridized carbons (Fsp3) is 0.409. The van der Waals surface area contributed by atoms with Gasteiger partial charge in [-0.2, -0.15) is 0 Å². The second-order valence-corrected chi connectivity index (χ2v) is 8.77. The van der Waals surface area contributed by atoms with Crippen LogP contribution in [0, 0.1) is 5.41 Å². The van der Waals surface area contributed by atoms with E-state index in [-0.39, 0.29) is 17.0 Å². The molecule has 27 heavy (non-hydrogen) atoms. The van der Waals surface area contributed by atoms with Crippen molar-refractivity contribution in [2.75, 3.05) is 11.9 Å². The number of hydrogen-bond donors (Lipinski definition) is 3. The Labute approximate surface area is 160 Å². The van der Waals surface area contributed by atoms with Crippen molar-refractivity contribution in [1.82, 2.24) is 0 Å². The molecule has 4 N–H and O–H groups in total. The predicted octanol–water partition coefficient (Wildman–Crippen LogP) is 4.24. The number of carboxylic acids is 1. The largest absolute Gasteiger partial charge is 0.492 e. The predicted molar refractivity (Wildman–Crippen MR) is 107 cm³/mol. The molecular formula is C22H28N2O3. The van der Waals surface area contributed by atoms with Gasteiger partial charge < -0.3 is 20.9 Å². The van der Waals surface area contributed by atoms with Crippen LogP contribution in [0.5, 0.6) is 5.75 Å². The van der Waals surface area contributed by atoms with Crippen LogP contribution in [-0.4, -0.2) is 23.2 Å². The van der Waals surface area contributed by atoms with Gasteiger partial charge in [0.1, 0.15) is 12.4 Å². The minimum absolute atomic E-state index is 0.0874. The molecule has 3 rings (SSSR count). The smallest absolute Gasteiger partial charge is 0.335 e. The summed E-state index contributed by atoms with van der Waals surface area (Å²) in [7, 11) is 0. The second-order valence-electron chi connectivity index (χ2n) is 8.77. The maximum atomic E-state index is 11.3. The maximum Gasteiger partial charge on any atom is 0.335 e. The van der Waals surface area contributed by atoms with Crippen molar-refractivity contribution in [3.8, 4) is 5.75 Å². The normalized spacial score (nSPS) is 18.3. The second kappa shape index (κ2) is 6.89. The number of benzene rings is 2. The van der Waals surface area contributed by atoms with Crippen molar-refractivity contribution < 1.29 is 14.6 Å². The first-order valence-corrected chi connectivity index (χ1v) is 9.20. The lowest BCUT2D eigenvalue weighted by atomic mass is 9.72. The standard InChI is InChI=1S/C22H28N2O3/c1-21(2)12-16-10-15(20(25)26)8-9-18(16)24-19(21)14-6-5-7-17(11-14)27-13-22(3,4)23/h5-11,19,24H,12-13,23H2,1-4H3,(H,25,26). The summed E-state index contributed by atoms with van der Waals surface area (Å²) in [6, 6.07) is 13.5. The van der Waals surface area contributed by atoms with Crippen LogP contribution < -0.4 is 15.8 Å². The molecule has 0 saturated carbocycles. The number of hydrogen-bond acceptors (Lipinski definition) is 4. The van der Waals surface area contributed by atoms with Crippen LogP contribution in [0.25, 0.3) is 0 Å². The zero-order valence-corrected chi connectivity index (χ0v) is 16.4. The van der Waals surface area contributed by atoms with Crippen molar-refractivity contribution in [3.05, 3.63) is 59.2 Å². The monoisotopic (exact) mass is 368 g/mol. The van der Waals surface area contributed by atoms with Crippen molar-refractivity contribution in [3.63, 3.8) is 0 Å². The quantitative estimate of drug-likeness (QED) is 0.735. The number of aromatic carboxylic acids is 1. The zero-order valence-electron chi connectivity index (χ0n) is 16.4. The van der Waals surface area contributed by atoms with E-state index in [2.05, 4.69) is 31.3 Å². The number of nitrogens with two attached hydrogens (primary N) is 1. The van der Waals surface area contributed by atoms with E-state index in [1.54, 1.807) is 12.1 Å². The highest BCUT2D eigenvalue weighted by molar-refractivity contribution is 5.88. The third-order valence-electron chi connectivity index (χ3n) is 4.88. The first kappa shape index (κ1) is 19.2. The van der Waals surface area contributed by atoms with Crippen molar-refractivity contribution in [2.45, 2.75) is 45.7 Å². The van der Waals surface area contributed by atoms with Gasteiger partial charge in [0.25, 0.3) is 0 Å². The molecule has 0 aromatic heterocycles. The molecule has 1 atom stereocenters. The van der Waals surface area contributed by atoms with Crippen LogP contribution in [0.1, 0.15) is 55.2 Å². The van der Waals surface area contributed by atoms with Gasteiger partial charge in [0.05, 0.1) is 11.6 Å². The van der Waals surface area contributed by atoms with Crippen molar-refractivity contribution in [1.29, 1.82) is 0 Å². The highest BCUT2D eigenvalue weighted by Gasteiger charge is 2.36. The number of rotatable bonds is 5. The first-order valence-electron chi connectivity index (χ1n) is 9.20.